The third-order valence-corrected chi connectivity index (χ3v) is 5.42. The zero-order valence-electron chi connectivity index (χ0n) is 17.8. The molecule has 1 saturated heterocycles. The number of ketones is 1. The number of nitrogens with one attached hydrogen (secondary N) is 1. The maximum atomic E-state index is 12.5. The molecule has 7 heteroatoms. The molecule has 1 aliphatic heterocycles. The van der Waals surface area contributed by atoms with E-state index in [1.165, 1.54) is 0 Å². The minimum Gasteiger partial charge on any atom is -0.494 e. The summed E-state index contributed by atoms with van der Waals surface area (Å²) in [5, 5.41) is 2.91. The Morgan fingerprint density at radius 2 is 1.84 bits per heavy atom. The minimum atomic E-state index is -0.313. The summed E-state index contributed by atoms with van der Waals surface area (Å²) in [6.07, 6.45) is 1.90. The second kappa shape index (κ2) is 10.7. The number of carbonyl (C=O) groups excluding carboxylic acids is 3. The first-order valence-electron chi connectivity index (χ1n) is 10.6. The molecule has 0 radical (unpaired) electrons. The number of ether oxygens (including phenoxy) is 1. The molecule has 1 unspecified atom stereocenters. The van der Waals surface area contributed by atoms with E-state index < -0.39 is 0 Å². The first kappa shape index (κ1) is 22.5. The number of likely N-dealkylation sites (tertiary alicyclic amines) is 1. The Morgan fingerprint density at radius 3 is 2.55 bits per heavy atom. The molecule has 1 aliphatic rings. The van der Waals surface area contributed by atoms with Crippen molar-refractivity contribution in [3.05, 3.63) is 59.7 Å². The van der Waals surface area contributed by atoms with Gasteiger partial charge in [-0.3, -0.25) is 19.3 Å². The number of benzene rings is 2. The fourth-order valence-corrected chi connectivity index (χ4v) is 3.82. The van der Waals surface area contributed by atoms with E-state index in [1.807, 2.05) is 36.1 Å². The van der Waals surface area contributed by atoms with Crippen molar-refractivity contribution < 1.29 is 19.1 Å². The van der Waals surface area contributed by atoms with Crippen LogP contribution >= 0.6 is 0 Å². The lowest BCUT2D eigenvalue weighted by Gasteiger charge is -2.23. The zero-order valence-corrected chi connectivity index (χ0v) is 17.8. The maximum absolute atomic E-state index is 12.5. The van der Waals surface area contributed by atoms with Gasteiger partial charge in [-0.25, -0.2) is 0 Å². The highest BCUT2D eigenvalue weighted by molar-refractivity contribution is 6.00. The van der Waals surface area contributed by atoms with E-state index in [0.717, 1.165) is 24.9 Å². The van der Waals surface area contributed by atoms with E-state index in [1.54, 1.807) is 24.3 Å². The molecule has 1 heterocycles. The van der Waals surface area contributed by atoms with Gasteiger partial charge in [0.25, 0.3) is 0 Å². The summed E-state index contributed by atoms with van der Waals surface area (Å²) < 4.78 is 5.38. The Balaban J connectivity index is 1.56. The molecule has 2 amide bonds. The average Bonchev–Trinajstić information content (AvgIpc) is 3.23. The van der Waals surface area contributed by atoms with Gasteiger partial charge in [0.15, 0.2) is 5.78 Å². The summed E-state index contributed by atoms with van der Waals surface area (Å²) in [5.74, 6) is 0.0873. The van der Waals surface area contributed by atoms with Crippen molar-refractivity contribution in [2.24, 2.45) is 5.73 Å². The van der Waals surface area contributed by atoms with E-state index in [9.17, 15) is 14.4 Å². The number of para-hydroxylation sites is 1. The molecule has 31 heavy (non-hydrogen) atoms. The van der Waals surface area contributed by atoms with Crippen molar-refractivity contribution in [2.45, 2.75) is 45.2 Å². The van der Waals surface area contributed by atoms with Crippen LogP contribution in [0, 0.1) is 0 Å². The molecule has 0 spiro atoms. The SMILES string of the molecule is CCOc1ccc(C(=O)CCC(=O)Nc2ccccc2CN2CCCC2C(N)=O)cc1. The van der Waals surface area contributed by atoms with Crippen molar-refractivity contribution in [2.75, 3.05) is 18.5 Å². The summed E-state index contributed by atoms with van der Waals surface area (Å²) in [4.78, 5) is 38.6. The van der Waals surface area contributed by atoms with Gasteiger partial charge in [-0.2, -0.15) is 0 Å². The van der Waals surface area contributed by atoms with Gasteiger partial charge in [-0.05, 0) is 62.2 Å². The highest BCUT2D eigenvalue weighted by Gasteiger charge is 2.29. The predicted molar refractivity (Wildman–Crippen MR) is 119 cm³/mol. The maximum Gasteiger partial charge on any atom is 0.234 e. The first-order chi connectivity index (χ1) is 15.0. The van der Waals surface area contributed by atoms with Crippen LogP contribution in [0.15, 0.2) is 48.5 Å². The average molecular weight is 424 g/mol. The summed E-state index contributed by atoms with van der Waals surface area (Å²) in [6.45, 7) is 3.80. The normalized spacial score (nSPS) is 16.1. The number of anilines is 1. The van der Waals surface area contributed by atoms with E-state index in [2.05, 4.69) is 5.32 Å². The van der Waals surface area contributed by atoms with Gasteiger partial charge in [-0.15, -0.1) is 0 Å². The highest BCUT2D eigenvalue weighted by atomic mass is 16.5. The molecule has 0 aliphatic carbocycles. The second-order valence-corrected chi connectivity index (χ2v) is 7.62. The fraction of sp³-hybridized carbons (Fsp3) is 0.375. The fourth-order valence-electron chi connectivity index (χ4n) is 3.82. The highest BCUT2D eigenvalue weighted by Crippen LogP contribution is 2.24. The van der Waals surface area contributed by atoms with Crippen molar-refractivity contribution in [3.63, 3.8) is 0 Å². The lowest BCUT2D eigenvalue weighted by Crippen LogP contribution is -2.39. The number of nitrogens with two attached hydrogens (primary N) is 1. The standard InChI is InChI=1S/C24H29N3O4/c1-2-31-19-11-9-17(10-12-19)22(28)13-14-23(29)26-20-7-4-3-6-18(20)16-27-15-5-8-21(27)24(25)30/h3-4,6-7,9-12,21H,2,5,8,13-16H2,1H3,(H2,25,30)(H,26,29). The van der Waals surface area contributed by atoms with Gasteiger partial charge in [0, 0.05) is 30.6 Å². The number of nitrogens with zero attached hydrogens (tertiary/aromatic N) is 1. The van der Waals surface area contributed by atoms with Crippen molar-refractivity contribution in [1.82, 2.24) is 4.90 Å². The van der Waals surface area contributed by atoms with Gasteiger partial charge >= 0.3 is 0 Å². The first-order valence-corrected chi connectivity index (χ1v) is 10.6. The number of carbonyl (C=O) groups is 3. The summed E-state index contributed by atoms with van der Waals surface area (Å²) in [6, 6.07) is 14.2. The van der Waals surface area contributed by atoms with Crippen LogP contribution in [0.5, 0.6) is 5.75 Å². The largest absolute Gasteiger partial charge is 0.494 e. The predicted octanol–water partition coefficient (Wildman–Crippen LogP) is 3.14. The lowest BCUT2D eigenvalue weighted by molar-refractivity contribution is -0.122. The number of Topliss-reactive ketones (excluding diaryl/α,β-unsaturated/α-hetero) is 1. The van der Waals surface area contributed by atoms with Crippen molar-refractivity contribution >= 4 is 23.3 Å². The molecule has 3 N–H and O–H groups in total. The molecule has 2 aromatic rings. The molecule has 7 nitrogen and oxygen atoms in total. The monoisotopic (exact) mass is 423 g/mol. The van der Waals surface area contributed by atoms with Crippen LogP contribution in [0.1, 0.15) is 48.5 Å². The van der Waals surface area contributed by atoms with Gasteiger partial charge < -0.3 is 15.8 Å². The van der Waals surface area contributed by atoms with Crippen LogP contribution in [-0.2, 0) is 16.1 Å². The number of hydrogen-bond donors (Lipinski definition) is 2. The second-order valence-electron chi connectivity index (χ2n) is 7.62. The van der Waals surface area contributed by atoms with Crippen LogP contribution < -0.4 is 15.8 Å². The van der Waals surface area contributed by atoms with Gasteiger partial charge in [-0.1, -0.05) is 18.2 Å². The van der Waals surface area contributed by atoms with Crippen LogP contribution in [0.2, 0.25) is 0 Å². The molecular formula is C24H29N3O4. The molecule has 1 fully saturated rings. The quantitative estimate of drug-likeness (QED) is 0.572. The Bertz CT molecular complexity index is 927. The van der Waals surface area contributed by atoms with E-state index in [0.29, 0.717) is 30.2 Å². The third-order valence-electron chi connectivity index (χ3n) is 5.42. The molecule has 0 bridgehead atoms. The van der Waals surface area contributed by atoms with Crippen LogP contribution in [0.4, 0.5) is 5.69 Å². The molecule has 3 rings (SSSR count). The number of hydrogen-bond acceptors (Lipinski definition) is 5. The van der Waals surface area contributed by atoms with Crippen molar-refractivity contribution in [1.29, 1.82) is 0 Å². The molecule has 0 aromatic heterocycles. The van der Waals surface area contributed by atoms with Gasteiger partial charge in [0.2, 0.25) is 11.8 Å². The van der Waals surface area contributed by atoms with E-state index >= 15 is 0 Å². The molecule has 2 aromatic carbocycles. The minimum absolute atomic E-state index is 0.0900. The van der Waals surface area contributed by atoms with Crippen molar-refractivity contribution in [3.8, 4) is 5.75 Å². The Labute approximate surface area is 182 Å². The Hall–Kier alpha value is -3.19. The van der Waals surface area contributed by atoms with Gasteiger partial charge in [0.1, 0.15) is 5.75 Å². The summed E-state index contributed by atoms with van der Waals surface area (Å²) in [5.41, 5.74) is 7.68. The van der Waals surface area contributed by atoms with E-state index in [4.69, 9.17) is 10.5 Å². The zero-order chi connectivity index (χ0) is 22.2. The third kappa shape index (κ3) is 6.15. The number of amides is 2. The molecular weight excluding hydrogens is 394 g/mol. The van der Waals surface area contributed by atoms with E-state index in [-0.39, 0.29) is 36.5 Å². The topological polar surface area (TPSA) is 102 Å². The molecule has 0 saturated carbocycles. The van der Waals surface area contributed by atoms with Crippen LogP contribution in [-0.4, -0.2) is 41.7 Å². The summed E-state index contributed by atoms with van der Waals surface area (Å²) in [7, 11) is 0. The van der Waals surface area contributed by atoms with Gasteiger partial charge in [0.05, 0.1) is 12.6 Å². The molecule has 164 valence electrons. The van der Waals surface area contributed by atoms with Crippen LogP contribution in [0.25, 0.3) is 0 Å². The van der Waals surface area contributed by atoms with Crippen LogP contribution in [0.3, 0.4) is 0 Å². The number of primary amides is 1. The lowest BCUT2D eigenvalue weighted by atomic mass is 10.1. The summed E-state index contributed by atoms with van der Waals surface area (Å²) >= 11 is 0. The Kier molecular flexibility index (Phi) is 7.78. The smallest absolute Gasteiger partial charge is 0.234 e. The number of rotatable bonds is 10. The molecule has 1 atom stereocenters. The Morgan fingerprint density at radius 1 is 1.10 bits per heavy atom.